The quantitative estimate of drug-likeness (QED) is 0.606. The zero-order chi connectivity index (χ0) is 21.5. The van der Waals surface area contributed by atoms with E-state index in [1.807, 2.05) is 30.3 Å². The van der Waals surface area contributed by atoms with Gasteiger partial charge in [0.2, 0.25) is 0 Å². The summed E-state index contributed by atoms with van der Waals surface area (Å²) in [5.74, 6) is 0.975. The SMILES string of the molecule is COc1ccccc1N1CCN(CC(OC(=O)C2CCCCC2)c2ccccc2)CC1. The third-order valence-corrected chi connectivity index (χ3v) is 6.59. The van der Waals surface area contributed by atoms with Crippen LogP contribution in [-0.2, 0) is 9.53 Å². The fourth-order valence-corrected chi connectivity index (χ4v) is 4.75. The van der Waals surface area contributed by atoms with Crippen molar-refractivity contribution in [2.24, 2.45) is 5.92 Å². The molecule has 0 spiro atoms. The molecule has 1 heterocycles. The highest BCUT2D eigenvalue weighted by atomic mass is 16.5. The van der Waals surface area contributed by atoms with Crippen LogP contribution in [0.15, 0.2) is 54.6 Å². The van der Waals surface area contributed by atoms with E-state index < -0.39 is 0 Å². The molecular weight excluding hydrogens is 388 g/mol. The number of esters is 1. The number of hydrogen-bond acceptors (Lipinski definition) is 5. The van der Waals surface area contributed by atoms with E-state index in [0.717, 1.165) is 75.4 Å². The van der Waals surface area contributed by atoms with Gasteiger partial charge < -0.3 is 14.4 Å². The van der Waals surface area contributed by atoms with Gasteiger partial charge in [0.15, 0.2) is 0 Å². The highest BCUT2D eigenvalue weighted by Gasteiger charge is 2.28. The van der Waals surface area contributed by atoms with E-state index in [1.165, 1.54) is 6.42 Å². The molecule has 2 aromatic carbocycles. The highest BCUT2D eigenvalue weighted by molar-refractivity contribution is 5.72. The number of nitrogens with zero attached hydrogens (tertiary/aromatic N) is 2. The Bertz CT molecular complexity index is 828. The molecule has 1 saturated carbocycles. The summed E-state index contributed by atoms with van der Waals surface area (Å²) in [6.07, 6.45) is 5.24. The van der Waals surface area contributed by atoms with Gasteiger partial charge in [0.05, 0.1) is 18.7 Å². The summed E-state index contributed by atoms with van der Waals surface area (Å²) in [6.45, 7) is 4.46. The van der Waals surface area contributed by atoms with Gasteiger partial charge in [-0.3, -0.25) is 9.69 Å². The minimum atomic E-state index is -0.214. The van der Waals surface area contributed by atoms with E-state index in [9.17, 15) is 4.79 Å². The summed E-state index contributed by atoms with van der Waals surface area (Å²) in [5.41, 5.74) is 2.23. The van der Waals surface area contributed by atoms with Gasteiger partial charge in [0.25, 0.3) is 0 Å². The number of para-hydroxylation sites is 2. The molecule has 0 bridgehead atoms. The fourth-order valence-electron chi connectivity index (χ4n) is 4.75. The third-order valence-electron chi connectivity index (χ3n) is 6.59. The first-order chi connectivity index (χ1) is 15.2. The van der Waals surface area contributed by atoms with Crippen molar-refractivity contribution in [3.8, 4) is 5.75 Å². The molecule has 0 aromatic heterocycles. The lowest BCUT2D eigenvalue weighted by Gasteiger charge is -2.38. The maximum atomic E-state index is 12.9. The van der Waals surface area contributed by atoms with Crippen LogP contribution in [0, 0.1) is 5.92 Å². The largest absolute Gasteiger partial charge is 0.495 e. The first-order valence-electron chi connectivity index (χ1n) is 11.6. The zero-order valence-electron chi connectivity index (χ0n) is 18.5. The maximum Gasteiger partial charge on any atom is 0.309 e. The van der Waals surface area contributed by atoms with Crippen molar-refractivity contribution >= 4 is 11.7 Å². The van der Waals surface area contributed by atoms with Gasteiger partial charge in [-0.2, -0.15) is 0 Å². The van der Waals surface area contributed by atoms with Crippen molar-refractivity contribution in [3.63, 3.8) is 0 Å². The molecule has 0 amide bonds. The summed E-state index contributed by atoms with van der Waals surface area (Å²) < 4.78 is 11.6. The summed E-state index contributed by atoms with van der Waals surface area (Å²) >= 11 is 0. The summed E-state index contributed by atoms with van der Waals surface area (Å²) in [7, 11) is 1.72. The normalized spacial score (nSPS) is 19.1. The van der Waals surface area contributed by atoms with Gasteiger partial charge in [-0.25, -0.2) is 0 Å². The number of methoxy groups -OCH3 is 1. The average molecular weight is 423 g/mol. The van der Waals surface area contributed by atoms with E-state index in [-0.39, 0.29) is 18.0 Å². The minimum absolute atomic E-state index is 0.0128. The summed E-state index contributed by atoms with van der Waals surface area (Å²) in [4.78, 5) is 17.7. The molecule has 1 aliphatic carbocycles. The predicted molar refractivity (Wildman–Crippen MR) is 123 cm³/mol. The van der Waals surface area contributed by atoms with Crippen LogP contribution < -0.4 is 9.64 Å². The maximum absolute atomic E-state index is 12.9. The zero-order valence-corrected chi connectivity index (χ0v) is 18.5. The Balaban J connectivity index is 1.39. The average Bonchev–Trinajstić information content (AvgIpc) is 2.85. The molecular formula is C26H34N2O3. The minimum Gasteiger partial charge on any atom is -0.495 e. The van der Waals surface area contributed by atoms with Crippen LogP contribution in [0.2, 0.25) is 0 Å². The molecule has 1 saturated heterocycles. The van der Waals surface area contributed by atoms with Crippen LogP contribution >= 0.6 is 0 Å². The number of carbonyl (C=O) groups is 1. The molecule has 1 atom stereocenters. The Kier molecular flexibility index (Phi) is 7.47. The standard InChI is InChI=1S/C26H34N2O3/c1-30-24-15-9-8-14-23(24)28-18-16-27(17-19-28)20-25(21-10-4-2-5-11-21)31-26(29)22-12-6-3-7-13-22/h2,4-5,8-11,14-15,22,25H,3,6-7,12-13,16-20H2,1H3. The molecule has 31 heavy (non-hydrogen) atoms. The van der Waals surface area contributed by atoms with Gasteiger partial charge in [0, 0.05) is 32.7 Å². The number of hydrogen-bond donors (Lipinski definition) is 0. The number of carbonyl (C=O) groups excluding carboxylic acids is 1. The Morgan fingerprint density at radius 1 is 0.935 bits per heavy atom. The number of ether oxygens (including phenoxy) is 2. The topological polar surface area (TPSA) is 42.0 Å². The van der Waals surface area contributed by atoms with E-state index in [4.69, 9.17) is 9.47 Å². The van der Waals surface area contributed by atoms with E-state index >= 15 is 0 Å². The van der Waals surface area contributed by atoms with Crippen LogP contribution in [0.1, 0.15) is 43.8 Å². The molecule has 1 unspecified atom stereocenters. The van der Waals surface area contributed by atoms with Gasteiger partial charge >= 0.3 is 5.97 Å². The fraction of sp³-hybridized carbons (Fsp3) is 0.500. The van der Waals surface area contributed by atoms with Crippen molar-refractivity contribution in [1.29, 1.82) is 0 Å². The molecule has 166 valence electrons. The molecule has 1 aliphatic heterocycles. The smallest absolute Gasteiger partial charge is 0.309 e. The molecule has 0 N–H and O–H groups in total. The monoisotopic (exact) mass is 422 g/mol. The number of benzene rings is 2. The van der Waals surface area contributed by atoms with Gasteiger partial charge in [-0.1, -0.05) is 61.7 Å². The first-order valence-corrected chi connectivity index (χ1v) is 11.6. The second-order valence-electron chi connectivity index (χ2n) is 8.63. The Labute approximate surface area is 185 Å². The van der Waals surface area contributed by atoms with Crippen molar-refractivity contribution in [3.05, 3.63) is 60.2 Å². The summed E-state index contributed by atoms with van der Waals surface area (Å²) in [5, 5.41) is 0. The molecule has 5 heteroatoms. The van der Waals surface area contributed by atoms with Crippen molar-refractivity contribution in [1.82, 2.24) is 4.90 Å². The number of piperazine rings is 1. The Morgan fingerprint density at radius 3 is 2.32 bits per heavy atom. The van der Waals surface area contributed by atoms with E-state index in [0.29, 0.717) is 0 Å². The molecule has 2 fully saturated rings. The first kappa shape index (κ1) is 21.7. The van der Waals surface area contributed by atoms with Crippen molar-refractivity contribution in [2.45, 2.75) is 38.2 Å². The molecule has 4 rings (SSSR count). The van der Waals surface area contributed by atoms with Crippen LogP contribution in [0.5, 0.6) is 5.75 Å². The lowest BCUT2D eigenvalue weighted by molar-refractivity contribution is -0.156. The second kappa shape index (κ2) is 10.7. The van der Waals surface area contributed by atoms with Crippen LogP contribution in [0.25, 0.3) is 0 Å². The lowest BCUT2D eigenvalue weighted by Crippen LogP contribution is -2.48. The molecule has 5 nitrogen and oxygen atoms in total. The predicted octanol–water partition coefficient (Wildman–Crippen LogP) is 4.68. The van der Waals surface area contributed by atoms with Crippen LogP contribution in [0.4, 0.5) is 5.69 Å². The van der Waals surface area contributed by atoms with Crippen molar-refractivity contribution in [2.75, 3.05) is 44.7 Å². The van der Waals surface area contributed by atoms with E-state index in [2.05, 4.69) is 34.1 Å². The number of anilines is 1. The van der Waals surface area contributed by atoms with Gasteiger partial charge in [-0.05, 0) is 30.5 Å². The van der Waals surface area contributed by atoms with Crippen molar-refractivity contribution < 1.29 is 14.3 Å². The van der Waals surface area contributed by atoms with Gasteiger partial charge in [-0.15, -0.1) is 0 Å². The van der Waals surface area contributed by atoms with Gasteiger partial charge in [0.1, 0.15) is 11.9 Å². The molecule has 2 aromatic rings. The van der Waals surface area contributed by atoms with Crippen LogP contribution in [-0.4, -0.2) is 50.7 Å². The highest BCUT2D eigenvalue weighted by Crippen LogP contribution is 2.30. The lowest BCUT2D eigenvalue weighted by atomic mass is 9.89. The van der Waals surface area contributed by atoms with Crippen LogP contribution in [0.3, 0.4) is 0 Å². The summed E-state index contributed by atoms with van der Waals surface area (Å²) in [6, 6.07) is 18.4. The molecule has 2 aliphatic rings. The van der Waals surface area contributed by atoms with E-state index in [1.54, 1.807) is 7.11 Å². The third kappa shape index (κ3) is 5.59. The second-order valence-corrected chi connectivity index (χ2v) is 8.63. The number of rotatable bonds is 7. The molecule has 0 radical (unpaired) electrons. The Hall–Kier alpha value is -2.53. The Morgan fingerprint density at radius 2 is 1.61 bits per heavy atom.